The van der Waals surface area contributed by atoms with Crippen LogP contribution in [-0.2, 0) is 4.74 Å². The highest BCUT2D eigenvalue weighted by molar-refractivity contribution is 7.18. The van der Waals surface area contributed by atoms with Gasteiger partial charge in [-0.1, -0.05) is 12.8 Å². The number of ether oxygens (including phenoxy) is 1. The molecule has 1 heterocycles. The van der Waals surface area contributed by atoms with E-state index in [0.29, 0.717) is 16.5 Å². The van der Waals surface area contributed by atoms with Gasteiger partial charge in [-0.3, -0.25) is 5.32 Å². The normalized spacial score (nSPS) is 15.1. The van der Waals surface area contributed by atoms with Crippen LogP contribution in [0, 0.1) is 6.92 Å². The summed E-state index contributed by atoms with van der Waals surface area (Å²) < 4.78 is 4.98. The van der Waals surface area contributed by atoms with Crippen LogP contribution in [0.15, 0.2) is 6.07 Å². The van der Waals surface area contributed by atoms with E-state index in [1.54, 1.807) is 13.0 Å². The van der Waals surface area contributed by atoms with Gasteiger partial charge in [0.05, 0.1) is 11.6 Å². The summed E-state index contributed by atoms with van der Waals surface area (Å²) in [5.41, 5.74) is 0.824. The molecule has 2 N–H and O–H groups in total. The van der Waals surface area contributed by atoms with Gasteiger partial charge in [-0.05, 0) is 38.3 Å². The fourth-order valence-electron chi connectivity index (χ4n) is 2.35. The van der Waals surface area contributed by atoms with Crippen molar-refractivity contribution in [3.63, 3.8) is 0 Å². The number of nitrogens with one attached hydrogen (secondary N) is 2. The Bertz CT molecular complexity index is 493. The Morgan fingerprint density at radius 1 is 1.40 bits per heavy atom. The third-order valence-corrected chi connectivity index (χ3v) is 4.44. The van der Waals surface area contributed by atoms with Gasteiger partial charge >= 0.3 is 12.0 Å². The summed E-state index contributed by atoms with van der Waals surface area (Å²) in [4.78, 5) is 24.1. The monoisotopic (exact) mass is 296 g/mol. The molecule has 1 fully saturated rings. The van der Waals surface area contributed by atoms with Gasteiger partial charge in [0.2, 0.25) is 0 Å². The molecule has 0 unspecified atom stereocenters. The van der Waals surface area contributed by atoms with Crippen molar-refractivity contribution in [2.24, 2.45) is 0 Å². The molecule has 1 aromatic heterocycles. The Morgan fingerprint density at radius 2 is 2.10 bits per heavy atom. The fraction of sp³-hybridized carbons (Fsp3) is 0.571. The number of hydrogen-bond acceptors (Lipinski definition) is 4. The summed E-state index contributed by atoms with van der Waals surface area (Å²) in [6.07, 6.45) is 4.45. The molecule has 5 nitrogen and oxygen atoms in total. The number of urea groups is 1. The summed E-state index contributed by atoms with van der Waals surface area (Å²) in [7, 11) is 0. The van der Waals surface area contributed by atoms with Gasteiger partial charge in [-0.2, -0.15) is 0 Å². The number of amides is 2. The van der Waals surface area contributed by atoms with Gasteiger partial charge < -0.3 is 10.1 Å². The molecule has 1 aliphatic carbocycles. The maximum Gasteiger partial charge on any atom is 0.348 e. The summed E-state index contributed by atoms with van der Waals surface area (Å²) >= 11 is 1.25. The molecule has 2 rings (SSSR count). The van der Waals surface area contributed by atoms with Gasteiger partial charge in [0.25, 0.3) is 0 Å². The molecule has 2 amide bonds. The third kappa shape index (κ3) is 3.72. The molecule has 6 heteroatoms. The second-order valence-corrected chi connectivity index (χ2v) is 5.98. The van der Waals surface area contributed by atoms with E-state index in [4.69, 9.17) is 4.74 Å². The van der Waals surface area contributed by atoms with Crippen molar-refractivity contribution in [3.8, 4) is 0 Å². The molecule has 1 saturated carbocycles. The lowest BCUT2D eigenvalue weighted by Gasteiger charge is -2.11. The lowest BCUT2D eigenvalue weighted by atomic mass is 10.2. The van der Waals surface area contributed by atoms with Crippen LogP contribution in [0.5, 0.6) is 0 Å². The lowest BCUT2D eigenvalue weighted by Crippen LogP contribution is -2.35. The highest BCUT2D eigenvalue weighted by Crippen LogP contribution is 2.27. The van der Waals surface area contributed by atoms with Crippen LogP contribution < -0.4 is 10.6 Å². The SMILES string of the molecule is CCOC(=O)c1sc(NC(=O)NC2CCCC2)cc1C. The number of carbonyl (C=O) groups is 2. The van der Waals surface area contributed by atoms with Crippen LogP contribution in [0.3, 0.4) is 0 Å². The zero-order valence-corrected chi connectivity index (χ0v) is 12.6. The van der Waals surface area contributed by atoms with Crippen molar-refractivity contribution >= 4 is 28.3 Å². The summed E-state index contributed by atoms with van der Waals surface area (Å²) in [6, 6.07) is 1.87. The van der Waals surface area contributed by atoms with Gasteiger partial charge in [0.15, 0.2) is 0 Å². The predicted octanol–water partition coefficient (Wildman–Crippen LogP) is 3.30. The molecule has 20 heavy (non-hydrogen) atoms. The van der Waals surface area contributed by atoms with E-state index in [0.717, 1.165) is 18.4 Å². The van der Waals surface area contributed by atoms with Gasteiger partial charge in [0.1, 0.15) is 4.88 Å². The Hall–Kier alpha value is -1.56. The lowest BCUT2D eigenvalue weighted by molar-refractivity contribution is 0.0531. The second-order valence-electron chi connectivity index (χ2n) is 4.92. The number of esters is 1. The van der Waals surface area contributed by atoms with Crippen LogP contribution in [0.1, 0.15) is 47.8 Å². The largest absolute Gasteiger partial charge is 0.462 e. The molecular weight excluding hydrogens is 276 g/mol. The number of carbonyl (C=O) groups excluding carboxylic acids is 2. The first-order valence-electron chi connectivity index (χ1n) is 6.95. The third-order valence-electron chi connectivity index (χ3n) is 3.31. The minimum Gasteiger partial charge on any atom is -0.462 e. The number of hydrogen-bond donors (Lipinski definition) is 2. The molecule has 0 radical (unpaired) electrons. The average molecular weight is 296 g/mol. The van der Waals surface area contributed by atoms with Crippen LogP contribution in [0.4, 0.5) is 9.80 Å². The van der Waals surface area contributed by atoms with Gasteiger partial charge in [-0.15, -0.1) is 11.3 Å². The zero-order chi connectivity index (χ0) is 14.5. The highest BCUT2D eigenvalue weighted by atomic mass is 32.1. The summed E-state index contributed by atoms with van der Waals surface area (Å²) in [5, 5.41) is 6.41. The first kappa shape index (κ1) is 14.8. The van der Waals surface area contributed by atoms with Crippen molar-refractivity contribution in [1.29, 1.82) is 0 Å². The van der Waals surface area contributed by atoms with Crippen molar-refractivity contribution in [1.82, 2.24) is 5.32 Å². The minimum atomic E-state index is -0.334. The molecule has 0 spiro atoms. The molecule has 0 aromatic carbocycles. The van der Waals surface area contributed by atoms with E-state index in [2.05, 4.69) is 10.6 Å². The second kappa shape index (κ2) is 6.74. The average Bonchev–Trinajstić information content (AvgIpc) is 2.99. The van der Waals surface area contributed by atoms with Crippen LogP contribution in [0.25, 0.3) is 0 Å². The molecule has 1 aliphatic rings. The molecule has 0 atom stereocenters. The Morgan fingerprint density at radius 3 is 2.75 bits per heavy atom. The quantitative estimate of drug-likeness (QED) is 0.838. The molecule has 0 bridgehead atoms. The van der Waals surface area contributed by atoms with Gasteiger partial charge in [-0.25, -0.2) is 9.59 Å². The van der Waals surface area contributed by atoms with Crippen LogP contribution in [0.2, 0.25) is 0 Å². The highest BCUT2D eigenvalue weighted by Gasteiger charge is 2.19. The van der Waals surface area contributed by atoms with Crippen molar-refractivity contribution in [2.45, 2.75) is 45.6 Å². The zero-order valence-electron chi connectivity index (χ0n) is 11.8. The van der Waals surface area contributed by atoms with Crippen LogP contribution in [-0.4, -0.2) is 24.6 Å². The topological polar surface area (TPSA) is 67.4 Å². The minimum absolute atomic E-state index is 0.200. The molecule has 1 aromatic rings. The van der Waals surface area contributed by atoms with E-state index in [1.807, 2.05) is 6.92 Å². The molecule has 110 valence electrons. The first-order chi connectivity index (χ1) is 9.60. The maximum atomic E-state index is 11.9. The standard InChI is InChI=1S/C14H20N2O3S/c1-3-19-13(17)12-9(2)8-11(20-12)16-14(18)15-10-6-4-5-7-10/h8,10H,3-7H2,1-2H3,(H2,15,16,18). The van der Waals surface area contributed by atoms with Crippen molar-refractivity contribution in [3.05, 3.63) is 16.5 Å². The summed E-state index contributed by atoms with van der Waals surface area (Å²) in [6.45, 7) is 3.96. The number of rotatable bonds is 4. The molecular formula is C14H20N2O3S. The van der Waals surface area contributed by atoms with E-state index in [9.17, 15) is 9.59 Å². The number of aryl methyl sites for hydroxylation is 1. The Balaban J connectivity index is 1.94. The maximum absolute atomic E-state index is 11.9. The van der Waals surface area contributed by atoms with Gasteiger partial charge in [0, 0.05) is 6.04 Å². The molecule has 0 saturated heterocycles. The van der Waals surface area contributed by atoms with E-state index in [1.165, 1.54) is 24.2 Å². The summed E-state index contributed by atoms with van der Waals surface area (Å²) in [5.74, 6) is -0.334. The smallest absolute Gasteiger partial charge is 0.348 e. The van der Waals surface area contributed by atoms with E-state index >= 15 is 0 Å². The van der Waals surface area contributed by atoms with Crippen LogP contribution >= 0.6 is 11.3 Å². The number of anilines is 1. The van der Waals surface area contributed by atoms with E-state index in [-0.39, 0.29) is 18.0 Å². The van der Waals surface area contributed by atoms with Crippen molar-refractivity contribution < 1.29 is 14.3 Å². The molecule has 0 aliphatic heterocycles. The Labute approximate surface area is 122 Å². The number of thiophene rings is 1. The van der Waals surface area contributed by atoms with Crippen molar-refractivity contribution in [2.75, 3.05) is 11.9 Å². The van der Waals surface area contributed by atoms with E-state index < -0.39 is 0 Å². The first-order valence-corrected chi connectivity index (χ1v) is 7.77. The fourth-order valence-corrected chi connectivity index (χ4v) is 3.31. The predicted molar refractivity (Wildman–Crippen MR) is 79.4 cm³/mol. The Kier molecular flexibility index (Phi) is 5.00.